The summed E-state index contributed by atoms with van der Waals surface area (Å²) in [5.41, 5.74) is 3.03. The van der Waals surface area contributed by atoms with Crippen molar-refractivity contribution in [2.24, 2.45) is 0 Å². The largest absolute Gasteiger partial charge is 0.309 e. The van der Waals surface area contributed by atoms with E-state index in [1.54, 1.807) is 6.92 Å². The zero-order valence-corrected chi connectivity index (χ0v) is 14.4. The van der Waals surface area contributed by atoms with Crippen LogP contribution < -0.4 is 5.32 Å². The summed E-state index contributed by atoms with van der Waals surface area (Å²) >= 11 is 10.1. The zero-order valence-electron chi connectivity index (χ0n) is 12.0. The van der Waals surface area contributed by atoms with Gasteiger partial charge in [-0.05, 0) is 61.0 Å². The highest BCUT2D eigenvalue weighted by Crippen LogP contribution is 2.38. The summed E-state index contributed by atoms with van der Waals surface area (Å²) in [5.74, 6) is 2.05. The normalized spacial score (nSPS) is 15.8. The molecule has 1 aromatic carbocycles. The third-order valence-electron chi connectivity index (χ3n) is 3.81. The quantitative estimate of drug-likeness (QED) is 0.848. The van der Waals surface area contributed by atoms with Crippen LogP contribution in [-0.4, -0.2) is 12.8 Å². The predicted octanol–water partition coefficient (Wildman–Crippen LogP) is 4.95. The van der Waals surface area contributed by atoms with Gasteiger partial charge in [-0.15, -0.1) is 11.3 Å². The molecule has 1 atom stereocenters. The maximum atomic E-state index is 13.6. The van der Waals surface area contributed by atoms with E-state index in [0.717, 1.165) is 17.7 Å². The van der Waals surface area contributed by atoms with Crippen molar-refractivity contribution >= 4 is 34.7 Å². The van der Waals surface area contributed by atoms with Crippen LogP contribution >= 0.6 is 34.7 Å². The molecule has 0 saturated carbocycles. The van der Waals surface area contributed by atoms with Crippen LogP contribution in [0.15, 0.2) is 18.2 Å². The fourth-order valence-electron chi connectivity index (χ4n) is 2.66. The molecule has 1 unspecified atom stereocenters. The van der Waals surface area contributed by atoms with Crippen LogP contribution in [0.25, 0.3) is 0 Å². The molecule has 2 heterocycles. The highest BCUT2D eigenvalue weighted by atomic mass is 35.5. The van der Waals surface area contributed by atoms with E-state index in [9.17, 15) is 4.39 Å². The van der Waals surface area contributed by atoms with Crippen LogP contribution in [0.5, 0.6) is 0 Å². The highest BCUT2D eigenvalue weighted by molar-refractivity contribution is 7.98. The minimum atomic E-state index is -0.250. The van der Waals surface area contributed by atoms with Gasteiger partial charge < -0.3 is 5.32 Å². The molecule has 1 N–H and O–H groups in total. The zero-order chi connectivity index (χ0) is 15.0. The second-order valence-corrected chi connectivity index (χ2v) is 7.93. The van der Waals surface area contributed by atoms with Gasteiger partial charge in [0.15, 0.2) is 0 Å². The van der Waals surface area contributed by atoms with Crippen LogP contribution in [0.1, 0.15) is 32.5 Å². The van der Waals surface area contributed by atoms with Gasteiger partial charge in [-0.3, -0.25) is 0 Å². The van der Waals surface area contributed by atoms with Gasteiger partial charge in [0, 0.05) is 20.5 Å². The monoisotopic (exact) mass is 341 g/mol. The number of benzene rings is 1. The fraction of sp³-hybridized carbons (Fsp3) is 0.375. The van der Waals surface area contributed by atoms with Gasteiger partial charge in [0.1, 0.15) is 5.82 Å². The summed E-state index contributed by atoms with van der Waals surface area (Å²) in [6.07, 6.45) is 1.15. The smallest absolute Gasteiger partial charge is 0.127 e. The molecule has 0 bridgehead atoms. The van der Waals surface area contributed by atoms with E-state index in [-0.39, 0.29) is 11.9 Å². The van der Waals surface area contributed by atoms with Crippen molar-refractivity contribution in [3.8, 4) is 0 Å². The average molecular weight is 342 g/mol. The molecule has 21 heavy (non-hydrogen) atoms. The van der Waals surface area contributed by atoms with Crippen molar-refractivity contribution in [1.29, 1.82) is 0 Å². The number of aryl methyl sites for hydroxylation is 2. The Bertz CT molecular complexity index is 645. The molecular weight excluding hydrogens is 325 g/mol. The molecule has 1 aliphatic rings. The van der Waals surface area contributed by atoms with Gasteiger partial charge in [-0.1, -0.05) is 11.6 Å². The molecular formula is C16H17ClFNS2. The molecule has 0 aliphatic carbocycles. The SMILES string of the molecule is CNC(c1cc2c(s1)CCSC2)c1cc(C)c(F)cc1Cl. The number of halogens is 2. The van der Waals surface area contributed by atoms with Crippen molar-refractivity contribution in [2.45, 2.75) is 25.1 Å². The molecule has 0 amide bonds. The maximum Gasteiger partial charge on any atom is 0.127 e. The van der Waals surface area contributed by atoms with Gasteiger partial charge >= 0.3 is 0 Å². The van der Waals surface area contributed by atoms with E-state index >= 15 is 0 Å². The summed E-state index contributed by atoms with van der Waals surface area (Å²) in [7, 11) is 1.92. The van der Waals surface area contributed by atoms with Crippen molar-refractivity contribution in [3.05, 3.63) is 55.5 Å². The fourth-order valence-corrected chi connectivity index (χ4v) is 5.43. The van der Waals surface area contributed by atoms with Crippen LogP contribution in [0.2, 0.25) is 5.02 Å². The summed E-state index contributed by atoms with van der Waals surface area (Å²) in [5, 5.41) is 3.81. The predicted molar refractivity (Wildman–Crippen MR) is 91.2 cm³/mol. The van der Waals surface area contributed by atoms with Gasteiger partial charge in [0.05, 0.1) is 6.04 Å². The second kappa shape index (κ2) is 6.29. The number of thioether (sulfide) groups is 1. The van der Waals surface area contributed by atoms with E-state index < -0.39 is 0 Å². The van der Waals surface area contributed by atoms with E-state index in [2.05, 4.69) is 11.4 Å². The molecule has 1 aromatic heterocycles. The van der Waals surface area contributed by atoms with E-state index in [0.29, 0.717) is 10.6 Å². The lowest BCUT2D eigenvalue weighted by Gasteiger charge is -2.17. The van der Waals surface area contributed by atoms with Crippen molar-refractivity contribution < 1.29 is 4.39 Å². The molecule has 2 aromatic rings. The van der Waals surface area contributed by atoms with Crippen LogP contribution in [0.4, 0.5) is 4.39 Å². The number of nitrogens with one attached hydrogen (secondary N) is 1. The first-order chi connectivity index (χ1) is 10.1. The first kappa shape index (κ1) is 15.3. The summed E-state index contributed by atoms with van der Waals surface area (Å²) in [4.78, 5) is 2.75. The highest BCUT2D eigenvalue weighted by Gasteiger charge is 2.22. The summed E-state index contributed by atoms with van der Waals surface area (Å²) in [6.45, 7) is 1.78. The second-order valence-electron chi connectivity index (χ2n) is 5.24. The van der Waals surface area contributed by atoms with Gasteiger partial charge in [0.25, 0.3) is 0 Å². The first-order valence-electron chi connectivity index (χ1n) is 6.92. The van der Waals surface area contributed by atoms with Crippen molar-refractivity contribution in [1.82, 2.24) is 5.32 Å². The Balaban J connectivity index is 2.02. The minimum absolute atomic E-state index is 0.0254. The number of hydrogen-bond donors (Lipinski definition) is 1. The van der Waals surface area contributed by atoms with E-state index in [1.807, 2.05) is 36.2 Å². The molecule has 0 saturated heterocycles. The van der Waals surface area contributed by atoms with E-state index in [1.165, 1.54) is 27.1 Å². The number of thiophene rings is 1. The maximum absolute atomic E-state index is 13.6. The molecule has 112 valence electrons. The van der Waals surface area contributed by atoms with Crippen LogP contribution in [-0.2, 0) is 12.2 Å². The van der Waals surface area contributed by atoms with Gasteiger partial charge in [-0.2, -0.15) is 11.8 Å². The van der Waals surface area contributed by atoms with Crippen LogP contribution in [0, 0.1) is 12.7 Å². The Morgan fingerprint density at radius 1 is 1.33 bits per heavy atom. The minimum Gasteiger partial charge on any atom is -0.309 e. The van der Waals surface area contributed by atoms with Crippen molar-refractivity contribution in [2.75, 3.05) is 12.8 Å². The Hall–Kier alpha value is -0.550. The lowest BCUT2D eigenvalue weighted by Crippen LogP contribution is -2.17. The molecule has 0 radical (unpaired) electrons. The van der Waals surface area contributed by atoms with Crippen LogP contribution in [0.3, 0.4) is 0 Å². The Labute approximate surface area is 137 Å². The molecule has 1 nitrogen and oxygen atoms in total. The molecule has 3 rings (SSSR count). The molecule has 1 aliphatic heterocycles. The Kier molecular flexibility index (Phi) is 4.60. The summed E-state index contributed by atoms with van der Waals surface area (Å²) in [6, 6.07) is 5.58. The van der Waals surface area contributed by atoms with E-state index in [4.69, 9.17) is 11.6 Å². The van der Waals surface area contributed by atoms with Crippen molar-refractivity contribution in [3.63, 3.8) is 0 Å². The molecule has 5 heteroatoms. The van der Waals surface area contributed by atoms with Gasteiger partial charge in [-0.25, -0.2) is 4.39 Å². The Morgan fingerprint density at radius 2 is 2.14 bits per heavy atom. The standard InChI is InChI=1S/C16H17ClFNS2/c1-9-5-11(12(17)7-13(9)18)16(19-2)15-6-10-8-20-4-3-14(10)21-15/h5-7,16,19H,3-4,8H2,1-2H3. The number of hydrogen-bond acceptors (Lipinski definition) is 3. The number of fused-ring (bicyclic) bond motifs is 1. The average Bonchev–Trinajstić information content (AvgIpc) is 2.88. The third-order valence-corrected chi connectivity index (χ3v) is 6.45. The molecule has 0 spiro atoms. The topological polar surface area (TPSA) is 12.0 Å². The van der Waals surface area contributed by atoms with Gasteiger partial charge in [0.2, 0.25) is 0 Å². The number of rotatable bonds is 3. The first-order valence-corrected chi connectivity index (χ1v) is 9.27. The Morgan fingerprint density at radius 3 is 2.86 bits per heavy atom. The lowest BCUT2D eigenvalue weighted by molar-refractivity contribution is 0.614. The molecule has 0 fully saturated rings. The summed E-state index contributed by atoms with van der Waals surface area (Å²) < 4.78 is 13.6. The third kappa shape index (κ3) is 3.00. The lowest BCUT2D eigenvalue weighted by atomic mass is 10.0.